The van der Waals surface area contributed by atoms with E-state index in [2.05, 4.69) is 10.2 Å². The van der Waals surface area contributed by atoms with Crippen molar-refractivity contribution in [2.24, 2.45) is 7.05 Å². The van der Waals surface area contributed by atoms with Gasteiger partial charge in [0.1, 0.15) is 5.56 Å². The first-order valence-electron chi connectivity index (χ1n) is 8.29. The number of carbonyl (C=O) groups is 1. The van der Waals surface area contributed by atoms with Gasteiger partial charge in [0.2, 0.25) is 0 Å². The smallest absolute Gasteiger partial charge is 0.263 e. The van der Waals surface area contributed by atoms with Crippen LogP contribution in [0.4, 0.5) is 0 Å². The molecule has 0 radical (unpaired) electrons. The van der Waals surface area contributed by atoms with Gasteiger partial charge in [0.15, 0.2) is 0 Å². The number of morpholine rings is 1. The fraction of sp³-hybridized carbons (Fsp3) is 0.647. The Morgan fingerprint density at radius 2 is 2.00 bits per heavy atom. The Morgan fingerprint density at radius 3 is 2.65 bits per heavy atom. The average Bonchev–Trinajstić information content (AvgIpc) is 2.54. The Bertz CT molecular complexity index is 589. The monoisotopic (exact) mass is 321 g/mol. The zero-order valence-electron chi connectivity index (χ0n) is 14.3. The Morgan fingerprint density at radius 1 is 1.30 bits per heavy atom. The highest BCUT2D eigenvalue weighted by atomic mass is 16.5. The van der Waals surface area contributed by atoms with E-state index < -0.39 is 0 Å². The van der Waals surface area contributed by atoms with Crippen LogP contribution in [0, 0.1) is 0 Å². The van der Waals surface area contributed by atoms with E-state index in [9.17, 15) is 9.59 Å². The van der Waals surface area contributed by atoms with Crippen molar-refractivity contribution in [3.8, 4) is 0 Å². The third kappa shape index (κ3) is 4.65. The molecule has 6 nitrogen and oxygen atoms in total. The summed E-state index contributed by atoms with van der Waals surface area (Å²) in [5.41, 5.74) is 0.906. The molecule has 0 bridgehead atoms. The van der Waals surface area contributed by atoms with E-state index >= 15 is 0 Å². The van der Waals surface area contributed by atoms with Gasteiger partial charge in [-0.05, 0) is 31.0 Å². The predicted octanol–water partition coefficient (Wildman–Crippen LogP) is 0.961. The molecule has 2 rings (SSSR count). The molecule has 0 aliphatic carbocycles. The summed E-state index contributed by atoms with van der Waals surface area (Å²) in [6.45, 7) is 9.03. The van der Waals surface area contributed by atoms with Crippen molar-refractivity contribution >= 4 is 5.91 Å². The second kappa shape index (κ2) is 8.26. The summed E-state index contributed by atoms with van der Waals surface area (Å²) in [7, 11) is 1.72. The van der Waals surface area contributed by atoms with Gasteiger partial charge in [-0.3, -0.25) is 14.5 Å². The molecule has 0 saturated carbocycles. The summed E-state index contributed by atoms with van der Waals surface area (Å²) >= 11 is 0. The summed E-state index contributed by atoms with van der Waals surface area (Å²) in [5.74, 6) is -0.0405. The van der Waals surface area contributed by atoms with Crippen molar-refractivity contribution < 1.29 is 9.53 Å². The molecule has 1 aliphatic heterocycles. The lowest BCUT2D eigenvalue weighted by Gasteiger charge is -2.26. The molecule has 0 aromatic carbocycles. The second-order valence-electron chi connectivity index (χ2n) is 6.25. The topological polar surface area (TPSA) is 63.6 Å². The zero-order chi connectivity index (χ0) is 16.8. The highest BCUT2D eigenvalue weighted by Crippen LogP contribution is 2.11. The van der Waals surface area contributed by atoms with Gasteiger partial charge in [-0.1, -0.05) is 13.8 Å². The van der Waals surface area contributed by atoms with Crippen LogP contribution in [-0.4, -0.2) is 54.8 Å². The number of nitrogens with zero attached hydrogens (tertiary/aromatic N) is 2. The number of carbonyl (C=O) groups excluding carboxylic acids is 1. The Kier molecular flexibility index (Phi) is 6.36. The van der Waals surface area contributed by atoms with E-state index in [0.717, 1.165) is 45.0 Å². The van der Waals surface area contributed by atoms with Gasteiger partial charge in [-0.15, -0.1) is 0 Å². The predicted molar refractivity (Wildman–Crippen MR) is 90.0 cm³/mol. The molecule has 1 aromatic rings. The standard InChI is InChI=1S/C17H27N3O3/c1-13(2)15-6-5-14(17(22)19(15)3)16(21)18-7-4-8-20-9-11-23-12-10-20/h5-6,13H,4,7-12H2,1-3H3,(H,18,21). The van der Waals surface area contributed by atoms with Crippen LogP contribution in [0.2, 0.25) is 0 Å². The molecule has 128 valence electrons. The van der Waals surface area contributed by atoms with Crippen LogP contribution in [0.15, 0.2) is 16.9 Å². The number of nitrogens with one attached hydrogen (secondary N) is 1. The number of rotatable bonds is 6. The summed E-state index contributed by atoms with van der Waals surface area (Å²) in [6.07, 6.45) is 0.871. The van der Waals surface area contributed by atoms with Crippen molar-refractivity contribution in [1.82, 2.24) is 14.8 Å². The van der Waals surface area contributed by atoms with Crippen LogP contribution in [0.5, 0.6) is 0 Å². The first-order chi connectivity index (χ1) is 11.0. The van der Waals surface area contributed by atoms with Crippen LogP contribution in [0.1, 0.15) is 42.2 Å². The lowest BCUT2D eigenvalue weighted by atomic mass is 10.1. The largest absolute Gasteiger partial charge is 0.379 e. The van der Waals surface area contributed by atoms with Crippen molar-refractivity contribution in [2.45, 2.75) is 26.2 Å². The second-order valence-corrected chi connectivity index (χ2v) is 6.25. The van der Waals surface area contributed by atoms with Crippen LogP contribution < -0.4 is 10.9 Å². The van der Waals surface area contributed by atoms with Gasteiger partial charge in [-0.25, -0.2) is 0 Å². The fourth-order valence-corrected chi connectivity index (χ4v) is 2.83. The normalized spacial score (nSPS) is 15.8. The maximum atomic E-state index is 12.3. The number of pyridine rings is 1. The summed E-state index contributed by atoms with van der Waals surface area (Å²) in [5, 5.41) is 2.85. The highest BCUT2D eigenvalue weighted by Gasteiger charge is 2.15. The van der Waals surface area contributed by atoms with Crippen molar-refractivity contribution in [2.75, 3.05) is 39.4 Å². The van der Waals surface area contributed by atoms with Gasteiger partial charge in [0.25, 0.3) is 11.5 Å². The molecular formula is C17H27N3O3. The minimum Gasteiger partial charge on any atom is -0.379 e. The number of amides is 1. The number of hydrogen-bond donors (Lipinski definition) is 1. The SMILES string of the molecule is CC(C)c1ccc(C(=O)NCCCN2CCOCC2)c(=O)n1C. The molecule has 6 heteroatoms. The van der Waals surface area contributed by atoms with Crippen LogP contribution in [0.3, 0.4) is 0 Å². The first-order valence-corrected chi connectivity index (χ1v) is 8.29. The Balaban J connectivity index is 1.86. The maximum absolute atomic E-state index is 12.3. The van der Waals surface area contributed by atoms with Gasteiger partial charge in [0.05, 0.1) is 13.2 Å². The zero-order valence-corrected chi connectivity index (χ0v) is 14.3. The van der Waals surface area contributed by atoms with Gasteiger partial charge >= 0.3 is 0 Å². The molecule has 0 atom stereocenters. The molecule has 0 unspecified atom stereocenters. The number of aromatic nitrogens is 1. The molecule has 23 heavy (non-hydrogen) atoms. The Labute approximate surface area is 137 Å². The average molecular weight is 321 g/mol. The number of ether oxygens (including phenoxy) is 1. The summed E-state index contributed by atoms with van der Waals surface area (Å²) < 4.78 is 6.87. The third-order valence-electron chi connectivity index (χ3n) is 4.22. The van der Waals surface area contributed by atoms with E-state index in [1.54, 1.807) is 17.7 Å². The molecule has 1 N–H and O–H groups in total. The number of hydrogen-bond acceptors (Lipinski definition) is 4. The minimum absolute atomic E-state index is 0.211. The molecule has 1 aromatic heterocycles. The first kappa shape index (κ1) is 17.7. The minimum atomic E-state index is -0.289. The van der Waals surface area contributed by atoms with Crippen LogP contribution in [0.25, 0.3) is 0 Å². The van der Waals surface area contributed by atoms with E-state index in [-0.39, 0.29) is 22.9 Å². The lowest BCUT2D eigenvalue weighted by molar-refractivity contribution is 0.0374. The van der Waals surface area contributed by atoms with E-state index in [0.29, 0.717) is 6.54 Å². The van der Waals surface area contributed by atoms with Crippen molar-refractivity contribution in [3.63, 3.8) is 0 Å². The highest BCUT2D eigenvalue weighted by molar-refractivity contribution is 5.93. The molecule has 0 spiro atoms. The van der Waals surface area contributed by atoms with Crippen LogP contribution in [-0.2, 0) is 11.8 Å². The van der Waals surface area contributed by atoms with E-state index in [1.807, 2.05) is 19.9 Å². The van der Waals surface area contributed by atoms with Gasteiger partial charge < -0.3 is 14.6 Å². The van der Waals surface area contributed by atoms with Gasteiger partial charge in [-0.2, -0.15) is 0 Å². The van der Waals surface area contributed by atoms with Gasteiger partial charge in [0, 0.05) is 32.4 Å². The fourth-order valence-electron chi connectivity index (χ4n) is 2.83. The quantitative estimate of drug-likeness (QED) is 0.793. The summed E-state index contributed by atoms with van der Waals surface area (Å²) in [4.78, 5) is 26.8. The van der Waals surface area contributed by atoms with E-state index in [4.69, 9.17) is 4.74 Å². The molecule has 1 saturated heterocycles. The maximum Gasteiger partial charge on any atom is 0.263 e. The Hall–Kier alpha value is -1.66. The van der Waals surface area contributed by atoms with E-state index in [1.165, 1.54) is 0 Å². The third-order valence-corrected chi connectivity index (χ3v) is 4.22. The van der Waals surface area contributed by atoms with Crippen LogP contribution >= 0.6 is 0 Å². The summed E-state index contributed by atoms with van der Waals surface area (Å²) in [6, 6.07) is 3.49. The molecule has 2 heterocycles. The molecule has 1 amide bonds. The van der Waals surface area contributed by atoms with Crippen molar-refractivity contribution in [3.05, 3.63) is 33.7 Å². The molecular weight excluding hydrogens is 294 g/mol. The lowest BCUT2D eigenvalue weighted by Crippen LogP contribution is -2.38. The molecule has 1 fully saturated rings. The molecule has 1 aliphatic rings. The van der Waals surface area contributed by atoms with Crippen molar-refractivity contribution in [1.29, 1.82) is 0 Å².